The molecule has 1 aromatic heterocycles. The summed E-state index contributed by atoms with van der Waals surface area (Å²) in [5.41, 5.74) is 0.650. The van der Waals surface area contributed by atoms with Gasteiger partial charge in [-0.25, -0.2) is 9.07 Å². The summed E-state index contributed by atoms with van der Waals surface area (Å²) in [5, 5.41) is 11.0. The molecule has 4 rings (SSSR count). The summed E-state index contributed by atoms with van der Waals surface area (Å²) in [5.74, 6) is -0.560. The van der Waals surface area contributed by atoms with Crippen LogP contribution in [0.5, 0.6) is 0 Å². The van der Waals surface area contributed by atoms with E-state index in [9.17, 15) is 9.18 Å². The van der Waals surface area contributed by atoms with Crippen molar-refractivity contribution in [2.75, 3.05) is 6.61 Å². The summed E-state index contributed by atoms with van der Waals surface area (Å²) in [7, 11) is 0. The van der Waals surface area contributed by atoms with E-state index >= 15 is 0 Å². The molecule has 7 heteroatoms. The zero-order valence-corrected chi connectivity index (χ0v) is 12.5. The molecule has 2 aliphatic rings. The van der Waals surface area contributed by atoms with Gasteiger partial charge in [-0.15, -0.1) is 5.10 Å². The number of aromatic nitrogens is 3. The fraction of sp³-hybridized carbons (Fsp3) is 0.438. The lowest BCUT2D eigenvalue weighted by molar-refractivity contribution is 0.0714. The van der Waals surface area contributed by atoms with Gasteiger partial charge in [-0.3, -0.25) is 4.79 Å². The van der Waals surface area contributed by atoms with Crippen LogP contribution in [0.2, 0.25) is 0 Å². The normalized spacial score (nSPS) is 26.2. The third-order valence-corrected chi connectivity index (χ3v) is 4.75. The van der Waals surface area contributed by atoms with Crippen molar-refractivity contribution in [3.63, 3.8) is 0 Å². The van der Waals surface area contributed by atoms with Gasteiger partial charge in [0.15, 0.2) is 5.69 Å². The molecule has 1 aromatic carbocycles. The van der Waals surface area contributed by atoms with Gasteiger partial charge < -0.3 is 10.1 Å². The maximum absolute atomic E-state index is 13.0. The zero-order chi connectivity index (χ0) is 15.9. The van der Waals surface area contributed by atoms with Crippen LogP contribution >= 0.6 is 0 Å². The Morgan fingerprint density at radius 2 is 2.17 bits per heavy atom. The Hall–Kier alpha value is -2.28. The van der Waals surface area contributed by atoms with Crippen LogP contribution in [0.25, 0.3) is 5.69 Å². The molecule has 1 saturated carbocycles. The zero-order valence-electron chi connectivity index (χ0n) is 12.5. The minimum atomic E-state index is -0.320. The first-order chi connectivity index (χ1) is 11.2. The van der Waals surface area contributed by atoms with Crippen molar-refractivity contribution >= 4 is 5.91 Å². The summed E-state index contributed by atoms with van der Waals surface area (Å²) >= 11 is 0. The third kappa shape index (κ3) is 2.50. The van der Waals surface area contributed by atoms with Crippen LogP contribution in [-0.2, 0) is 4.74 Å². The number of hydrogen-bond donors (Lipinski definition) is 1. The van der Waals surface area contributed by atoms with Crippen molar-refractivity contribution in [3.8, 4) is 5.69 Å². The van der Waals surface area contributed by atoms with Crippen molar-refractivity contribution in [2.24, 2.45) is 0 Å². The van der Waals surface area contributed by atoms with Crippen LogP contribution in [0.15, 0.2) is 30.5 Å². The summed E-state index contributed by atoms with van der Waals surface area (Å²) in [6.07, 6.45) is 5.50. The van der Waals surface area contributed by atoms with E-state index in [1.165, 1.54) is 16.8 Å². The monoisotopic (exact) mass is 316 g/mol. The second-order valence-electron chi connectivity index (χ2n) is 6.14. The SMILES string of the molecule is O=C(N[C@]12CCC[C@H]1OCC2)c1cn(-c2ccc(F)cc2)nn1. The lowest BCUT2D eigenvalue weighted by Crippen LogP contribution is -2.51. The molecule has 0 bridgehead atoms. The lowest BCUT2D eigenvalue weighted by Gasteiger charge is -2.28. The second-order valence-corrected chi connectivity index (χ2v) is 6.14. The van der Waals surface area contributed by atoms with Crippen molar-refractivity contribution in [1.82, 2.24) is 20.3 Å². The lowest BCUT2D eigenvalue weighted by atomic mass is 9.93. The van der Waals surface area contributed by atoms with Crippen LogP contribution in [0, 0.1) is 5.82 Å². The molecule has 6 nitrogen and oxygen atoms in total. The molecule has 1 aliphatic heterocycles. The predicted octanol–water partition coefficient (Wildman–Crippen LogP) is 1.85. The first kappa shape index (κ1) is 14.3. The molecule has 120 valence electrons. The molecule has 1 aliphatic carbocycles. The maximum atomic E-state index is 13.0. The van der Waals surface area contributed by atoms with E-state index in [1.807, 2.05) is 0 Å². The van der Waals surface area contributed by atoms with Gasteiger partial charge in [-0.2, -0.15) is 0 Å². The average Bonchev–Trinajstić information content (AvgIpc) is 3.22. The first-order valence-electron chi connectivity index (χ1n) is 7.79. The summed E-state index contributed by atoms with van der Waals surface area (Å²) < 4.78 is 20.1. The number of ether oxygens (including phenoxy) is 1. The van der Waals surface area contributed by atoms with E-state index in [0.717, 1.165) is 25.7 Å². The van der Waals surface area contributed by atoms with Crippen molar-refractivity contribution in [2.45, 2.75) is 37.3 Å². The third-order valence-electron chi connectivity index (χ3n) is 4.75. The van der Waals surface area contributed by atoms with Crippen LogP contribution in [-0.4, -0.2) is 39.2 Å². The Balaban J connectivity index is 1.52. The highest BCUT2D eigenvalue weighted by Crippen LogP contribution is 2.39. The van der Waals surface area contributed by atoms with Crippen LogP contribution in [0.1, 0.15) is 36.2 Å². The highest BCUT2D eigenvalue weighted by molar-refractivity contribution is 5.92. The molecule has 0 unspecified atom stereocenters. The minimum Gasteiger partial charge on any atom is -0.376 e. The molecule has 0 spiro atoms. The molecule has 1 N–H and O–H groups in total. The van der Waals surface area contributed by atoms with Gasteiger partial charge in [-0.05, 0) is 49.9 Å². The number of hydrogen-bond acceptors (Lipinski definition) is 4. The second kappa shape index (κ2) is 5.42. The molecular weight excluding hydrogens is 299 g/mol. The van der Waals surface area contributed by atoms with E-state index in [-0.39, 0.29) is 29.1 Å². The van der Waals surface area contributed by atoms with E-state index in [1.54, 1.807) is 18.3 Å². The standard InChI is InChI=1S/C16H17FN4O2/c17-11-3-5-12(6-4-11)21-10-13(19-20-21)15(22)18-16-7-1-2-14(16)23-9-8-16/h3-6,10,14H,1-2,7-9H2,(H,18,22)/t14-,16+/m1/s1. The molecular formula is C16H17FN4O2. The Morgan fingerprint density at radius 1 is 1.35 bits per heavy atom. The van der Waals surface area contributed by atoms with Gasteiger partial charge in [0.1, 0.15) is 5.82 Å². The van der Waals surface area contributed by atoms with E-state index < -0.39 is 0 Å². The molecule has 1 amide bonds. The van der Waals surface area contributed by atoms with Crippen LogP contribution in [0.3, 0.4) is 0 Å². The number of carbonyl (C=O) groups is 1. The highest BCUT2D eigenvalue weighted by atomic mass is 19.1. The van der Waals surface area contributed by atoms with Gasteiger partial charge in [0.2, 0.25) is 0 Å². The maximum Gasteiger partial charge on any atom is 0.274 e. The minimum absolute atomic E-state index is 0.110. The molecule has 23 heavy (non-hydrogen) atoms. The van der Waals surface area contributed by atoms with E-state index in [2.05, 4.69) is 15.6 Å². The van der Waals surface area contributed by atoms with Gasteiger partial charge in [0, 0.05) is 6.61 Å². The number of nitrogens with one attached hydrogen (secondary N) is 1. The number of carbonyl (C=O) groups excluding carboxylic acids is 1. The predicted molar refractivity (Wildman–Crippen MR) is 79.7 cm³/mol. The summed E-state index contributed by atoms with van der Waals surface area (Å²) in [6.45, 7) is 0.688. The highest BCUT2D eigenvalue weighted by Gasteiger charge is 2.48. The number of nitrogens with zero attached hydrogens (tertiary/aromatic N) is 3. The quantitative estimate of drug-likeness (QED) is 0.938. The first-order valence-corrected chi connectivity index (χ1v) is 7.79. The smallest absolute Gasteiger partial charge is 0.274 e. The average molecular weight is 316 g/mol. The molecule has 2 heterocycles. The Labute approximate surface area is 132 Å². The van der Waals surface area contributed by atoms with Crippen LogP contribution < -0.4 is 5.32 Å². The Bertz CT molecular complexity index is 718. The molecule has 2 atom stereocenters. The summed E-state index contributed by atoms with van der Waals surface area (Å²) in [6, 6.07) is 5.85. The van der Waals surface area contributed by atoms with Crippen molar-refractivity contribution in [3.05, 3.63) is 42.0 Å². The van der Waals surface area contributed by atoms with E-state index in [4.69, 9.17) is 4.74 Å². The largest absolute Gasteiger partial charge is 0.376 e. The molecule has 2 fully saturated rings. The Morgan fingerprint density at radius 3 is 3.00 bits per heavy atom. The fourth-order valence-corrected chi connectivity index (χ4v) is 3.54. The number of halogens is 1. The number of amides is 1. The topological polar surface area (TPSA) is 69.0 Å². The fourth-order valence-electron chi connectivity index (χ4n) is 3.54. The van der Waals surface area contributed by atoms with Gasteiger partial charge in [-0.1, -0.05) is 5.21 Å². The number of rotatable bonds is 3. The van der Waals surface area contributed by atoms with E-state index in [0.29, 0.717) is 12.3 Å². The number of fused-ring (bicyclic) bond motifs is 1. The number of benzene rings is 1. The summed E-state index contributed by atoms with van der Waals surface area (Å²) in [4.78, 5) is 12.5. The van der Waals surface area contributed by atoms with Gasteiger partial charge in [0.25, 0.3) is 5.91 Å². The van der Waals surface area contributed by atoms with Gasteiger partial charge >= 0.3 is 0 Å². The Kier molecular flexibility index (Phi) is 3.37. The molecule has 2 aromatic rings. The van der Waals surface area contributed by atoms with Crippen molar-refractivity contribution < 1.29 is 13.9 Å². The van der Waals surface area contributed by atoms with Crippen molar-refractivity contribution in [1.29, 1.82) is 0 Å². The van der Waals surface area contributed by atoms with Gasteiger partial charge in [0.05, 0.1) is 23.5 Å². The molecule has 1 saturated heterocycles. The molecule has 0 radical (unpaired) electrons. The van der Waals surface area contributed by atoms with Crippen LogP contribution in [0.4, 0.5) is 4.39 Å².